The molecular formula is C18H21BrN2O2. The Morgan fingerprint density at radius 1 is 1.17 bits per heavy atom. The molecular weight excluding hydrogens is 356 g/mol. The molecule has 0 aliphatic rings. The third-order valence-electron chi connectivity index (χ3n) is 3.61. The maximum atomic E-state index is 12.2. The van der Waals surface area contributed by atoms with Gasteiger partial charge in [0.25, 0.3) is 0 Å². The van der Waals surface area contributed by atoms with Gasteiger partial charge in [0.1, 0.15) is 12.4 Å². The monoisotopic (exact) mass is 376 g/mol. The molecule has 2 aromatic carbocycles. The zero-order valence-electron chi connectivity index (χ0n) is 13.3. The SMILES string of the molecule is C[C@@H](C(=O)Nc1ccccc1)N(C)CCOc1ccc(Br)cc1. The lowest BCUT2D eigenvalue weighted by atomic mass is 10.2. The van der Waals surface area contributed by atoms with Gasteiger partial charge in [-0.25, -0.2) is 0 Å². The third kappa shape index (κ3) is 5.69. The van der Waals surface area contributed by atoms with Crippen molar-refractivity contribution in [2.75, 3.05) is 25.5 Å². The van der Waals surface area contributed by atoms with Crippen LogP contribution < -0.4 is 10.1 Å². The Morgan fingerprint density at radius 3 is 2.48 bits per heavy atom. The molecule has 4 nitrogen and oxygen atoms in total. The number of carbonyl (C=O) groups excluding carboxylic acids is 1. The number of hydrogen-bond donors (Lipinski definition) is 1. The Labute approximate surface area is 145 Å². The number of nitrogens with one attached hydrogen (secondary N) is 1. The first-order valence-electron chi connectivity index (χ1n) is 7.51. The Kier molecular flexibility index (Phi) is 6.62. The second-order valence-electron chi connectivity index (χ2n) is 5.31. The van der Waals surface area contributed by atoms with Gasteiger partial charge in [0.05, 0.1) is 6.04 Å². The summed E-state index contributed by atoms with van der Waals surface area (Å²) in [6.07, 6.45) is 0. The summed E-state index contributed by atoms with van der Waals surface area (Å²) in [4.78, 5) is 14.2. The number of benzene rings is 2. The number of anilines is 1. The van der Waals surface area contributed by atoms with Crippen molar-refractivity contribution < 1.29 is 9.53 Å². The van der Waals surface area contributed by atoms with Crippen LogP contribution in [0.1, 0.15) is 6.92 Å². The van der Waals surface area contributed by atoms with Gasteiger partial charge in [0.2, 0.25) is 5.91 Å². The summed E-state index contributed by atoms with van der Waals surface area (Å²) in [5.74, 6) is 0.797. The number of likely N-dealkylation sites (N-methyl/N-ethyl adjacent to an activating group) is 1. The number of amides is 1. The molecule has 0 unspecified atom stereocenters. The number of hydrogen-bond acceptors (Lipinski definition) is 3. The van der Waals surface area contributed by atoms with Crippen LogP contribution in [0.3, 0.4) is 0 Å². The quantitative estimate of drug-likeness (QED) is 0.799. The van der Waals surface area contributed by atoms with Gasteiger partial charge in [-0.3, -0.25) is 9.69 Å². The molecule has 1 N–H and O–H groups in total. The Morgan fingerprint density at radius 2 is 1.83 bits per heavy atom. The maximum absolute atomic E-state index is 12.2. The molecule has 0 fully saturated rings. The largest absolute Gasteiger partial charge is 0.492 e. The number of nitrogens with zero attached hydrogens (tertiary/aromatic N) is 1. The van der Waals surface area contributed by atoms with E-state index in [9.17, 15) is 4.79 Å². The van der Waals surface area contributed by atoms with E-state index < -0.39 is 0 Å². The van der Waals surface area contributed by atoms with Gasteiger partial charge < -0.3 is 10.1 Å². The molecule has 0 radical (unpaired) electrons. The summed E-state index contributed by atoms with van der Waals surface area (Å²) in [5, 5.41) is 2.91. The van der Waals surface area contributed by atoms with Gasteiger partial charge in [-0.05, 0) is 50.4 Å². The lowest BCUT2D eigenvalue weighted by Gasteiger charge is -2.23. The molecule has 0 aliphatic heterocycles. The van der Waals surface area contributed by atoms with E-state index in [0.717, 1.165) is 15.9 Å². The summed E-state index contributed by atoms with van der Waals surface area (Å²) < 4.78 is 6.71. The molecule has 122 valence electrons. The minimum atomic E-state index is -0.233. The van der Waals surface area contributed by atoms with Crippen molar-refractivity contribution in [2.24, 2.45) is 0 Å². The highest BCUT2D eigenvalue weighted by Crippen LogP contribution is 2.16. The first kappa shape index (κ1) is 17.5. The van der Waals surface area contributed by atoms with E-state index in [1.807, 2.05) is 73.5 Å². The van der Waals surface area contributed by atoms with Crippen LogP contribution >= 0.6 is 15.9 Å². The minimum Gasteiger partial charge on any atom is -0.492 e. The topological polar surface area (TPSA) is 41.6 Å². The highest BCUT2D eigenvalue weighted by Gasteiger charge is 2.17. The summed E-state index contributed by atoms with van der Waals surface area (Å²) in [5.41, 5.74) is 0.809. The smallest absolute Gasteiger partial charge is 0.241 e. The van der Waals surface area contributed by atoms with E-state index in [-0.39, 0.29) is 11.9 Å². The fourth-order valence-corrected chi connectivity index (χ4v) is 2.26. The molecule has 2 rings (SSSR count). The van der Waals surface area contributed by atoms with Crippen LogP contribution in [0.15, 0.2) is 59.1 Å². The Hall–Kier alpha value is -1.85. The van der Waals surface area contributed by atoms with E-state index in [1.165, 1.54) is 0 Å². The average molecular weight is 377 g/mol. The molecule has 0 saturated heterocycles. The number of carbonyl (C=O) groups is 1. The minimum absolute atomic E-state index is 0.0256. The maximum Gasteiger partial charge on any atom is 0.241 e. The molecule has 1 atom stereocenters. The number of rotatable bonds is 7. The fraction of sp³-hybridized carbons (Fsp3) is 0.278. The second-order valence-corrected chi connectivity index (χ2v) is 6.23. The number of ether oxygens (including phenoxy) is 1. The van der Waals surface area contributed by atoms with Crippen molar-refractivity contribution in [1.82, 2.24) is 4.90 Å². The summed E-state index contributed by atoms with van der Waals surface area (Å²) >= 11 is 3.39. The van der Waals surface area contributed by atoms with E-state index in [1.54, 1.807) is 0 Å². The Bertz CT molecular complexity index is 617. The first-order chi connectivity index (χ1) is 11.1. The summed E-state index contributed by atoms with van der Waals surface area (Å²) in [6, 6.07) is 16.9. The van der Waals surface area contributed by atoms with E-state index in [0.29, 0.717) is 13.2 Å². The van der Waals surface area contributed by atoms with Gasteiger partial charge in [0.15, 0.2) is 0 Å². The molecule has 0 spiro atoms. The predicted molar refractivity (Wildman–Crippen MR) is 96.8 cm³/mol. The van der Waals surface area contributed by atoms with Crippen molar-refractivity contribution in [1.29, 1.82) is 0 Å². The molecule has 0 bridgehead atoms. The van der Waals surface area contributed by atoms with Crippen molar-refractivity contribution in [2.45, 2.75) is 13.0 Å². The van der Waals surface area contributed by atoms with Crippen molar-refractivity contribution in [3.05, 3.63) is 59.1 Å². The van der Waals surface area contributed by atoms with Crippen molar-refractivity contribution in [3.63, 3.8) is 0 Å². The third-order valence-corrected chi connectivity index (χ3v) is 4.14. The van der Waals surface area contributed by atoms with Crippen LogP contribution in [0, 0.1) is 0 Å². The zero-order valence-corrected chi connectivity index (χ0v) is 14.9. The molecule has 0 aromatic heterocycles. The van der Waals surface area contributed by atoms with Gasteiger partial charge in [-0.15, -0.1) is 0 Å². The summed E-state index contributed by atoms with van der Waals surface area (Å²) in [7, 11) is 1.92. The van der Waals surface area contributed by atoms with Crippen LogP contribution in [0.5, 0.6) is 5.75 Å². The van der Waals surface area contributed by atoms with Crippen LogP contribution in [0.2, 0.25) is 0 Å². The lowest BCUT2D eigenvalue weighted by molar-refractivity contribution is -0.120. The van der Waals surface area contributed by atoms with Gasteiger partial charge >= 0.3 is 0 Å². The molecule has 0 saturated carbocycles. The van der Waals surface area contributed by atoms with Gasteiger partial charge in [-0.1, -0.05) is 34.1 Å². The van der Waals surface area contributed by atoms with Crippen LogP contribution in [0.25, 0.3) is 0 Å². The summed E-state index contributed by atoms with van der Waals surface area (Å²) in [6.45, 7) is 3.08. The lowest BCUT2D eigenvalue weighted by Crippen LogP contribution is -2.41. The van der Waals surface area contributed by atoms with Crippen molar-refractivity contribution >= 4 is 27.5 Å². The van der Waals surface area contributed by atoms with Crippen LogP contribution in [-0.2, 0) is 4.79 Å². The highest BCUT2D eigenvalue weighted by atomic mass is 79.9. The van der Waals surface area contributed by atoms with Crippen LogP contribution in [-0.4, -0.2) is 37.0 Å². The molecule has 0 heterocycles. The molecule has 5 heteroatoms. The molecule has 23 heavy (non-hydrogen) atoms. The average Bonchev–Trinajstić information content (AvgIpc) is 2.56. The first-order valence-corrected chi connectivity index (χ1v) is 8.30. The zero-order chi connectivity index (χ0) is 16.7. The second kappa shape index (κ2) is 8.70. The van der Waals surface area contributed by atoms with Gasteiger partial charge in [-0.2, -0.15) is 0 Å². The standard InChI is InChI=1S/C18H21BrN2O2/c1-14(18(22)20-16-6-4-3-5-7-16)21(2)12-13-23-17-10-8-15(19)9-11-17/h3-11,14H,12-13H2,1-2H3,(H,20,22)/t14-/m0/s1. The fourth-order valence-electron chi connectivity index (χ4n) is 2.00. The van der Waals surface area contributed by atoms with Crippen molar-refractivity contribution in [3.8, 4) is 5.75 Å². The normalized spacial score (nSPS) is 12.0. The van der Waals surface area contributed by atoms with E-state index >= 15 is 0 Å². The van der Waals surface area contributed by atoms with Crippen LogP contribution in [0.4, 0.5) is 5.69 Å². The Balaban J connectivity index is 1.76. The molecule has 1 amide bonds. The van der Waals surface area contributed by atoms with E-state index in [4.69, 9.17) is 4.74 Å². The molecule has 2 aromatic rings. The predicted octanol–water partition coefficient (Wildman–Crippen LogP) is 3.79. The van der Waals surface area contributed by atoms with Gasteiger partial charge in [0, 0.05) is 16.7 Å². The number of para-hydroxylation sites is 1. The highest BCUT2D eigenvalue weighted by molar-refractivity contribution is 9.10. The number of halogens is 1. The molecule has 0 aliphatic carbocycles. The van der Waals surface area contributed by atoms with E-state index in [2.05, 4.69) is 21.2 Å².